The van der Waals surface area contributed by atoms with Crippen LogP contribution in [0.15, 0.2) is 73.6 Å². The number of methoxy groups -OCH3 is 1. The molecular formula is C26H19Br3N2O5. The quantitative estimate of drug-likeness (QED) is 0.237. The molecule has 0 aromatic heterocycles. The van der Waals surface area contributed by atoms with Crippen LogP contribution in [0.2, 0.25) is 0 Å². The number of carbonyl (C=O) groups is 3. The van der Waals surface area contributed by atoms with Crippen LogP contribution in [0.1, 0.15) is 16.7 Å². The molecule has 0 aliphatic carbocycles. The lowest BCUT2D eigenvalue weighted by Gasteiger charge is -2.27. The predicted octanol–water partition coefficient (Wildman–Crippen LogP) is 6.54. The second-order valence-corrected chi connectivity index (χ2v) is 10.4. The number of benzene rings is 3. The van der Waals surface area contributed by atoms with E-state index in [1.807, 2.05) is 24.3 Å². The maximum atomic E-state index is 13.3. The lowest BCUT2D eigenvalue weighted by Crippen LogP contribution is -2.54. The highest BCUT2D eigenvalue weighted by Crippen LogP contribution is 2.38. The first-order valence-corrected chi connectivity index (χ1v) is 13.0. The minimum absolute atomic E-state index is 0.187. The molecule has 1 aliphatic heterocycles. The molecule has 10 heteroatoms. The fraction of sp³-hybridized carbons (Fsp3) is 0.115. The average Bonchev–Trinajstić information content (AvgIpc) is 2.83. The summed E-state index contributed by atoms with van der Waals surface area (Å²) < 4.78 is 13.8. The number of urea groups is 1. The van der Waals surface area contributed by atoms with Crippen LogP contribution in [0, 0.1) is 6.92 Å². The van der Waals surface area contributed by atoms with Crippen LogP contribution in [-0.2, 0) is 16.2 Å². The minimum atomic E-state index is -0.804. The molecule has 1 heterocycles. The lowest BCUT2D eigenvalue weighted by atomic mass is 10.1. The Morgan fingerprint density at radius 3 is 2.42 bits per heavy atom. The molecule has 1 N–H and O–H groups in total. The molecule has 0 radical (unpaired) electrons. The molecule has 1 saturated heterocycles. The van der Waals surface area contributed by atoms with Crippen molar-refractivity contribution in [3.05, 3.63) is 90.3 Å². The monoisotopic (exact) mass is 676 g/mol. The van der Waals surface area contributed by atoms with Gasteiger partial charge in [-0.15, -0.1) is 0 Å². The van der Waals surface area contributed by atoms with Gasteiger partial charge in [-0.05, 0) is 76.5 Å². The van der Waals surface area contributed by atoms with Crippen LogP contribution in [0.25, 0.3) is 6.08 Å². The summed E-state index contributed by atoms with van der Waals surface area (Å²) in [5, 5.41) is 2.24. The lowest BCUT2D eigenvalue weighted by molar-refractivity contribution is -0.122. The Morgan fingerprint density at radius 2 is 1.72 bits per heavy atom. The summed E-state index contributed by atoms with van der Waals surface area (Å²) in [4.78, 5) is 39.4. The maximum absolute atomic E-state index is 13.3. The van der Waals surface area contributed by atoms with Crippen molar-refractivity contribution in [2.24, 2.45) is 0 Å². The predicted molar refractivity (Wildman–Crippen MR) is 147 cm³/mol. The minimum Gasteiger partial charge on any atom is -0.493 e. The summed E-state index contributed by atoms with van der Waals surface area (Å²) in [6.45, 7) is 2.07. The van der Waals surface area contributed by atoms with Gasteiger partial charge in [0.05, 0.1) is 17.3 Å². The highest BCUT2D eigenvalue weighted by atomic mass is 79.9. The average molecular weight is 679 g/mol. The summed E-state index contributed by atoms with van der Waals surface area (Å²) in [5.74, 6) is -0.625. The molecule has 4 amide bonds. The number of nitrogens with one attached hydrogen (secondary N) is 1. The summed E-state index contributed by atoms with van der Waals surface area (Å²) in [5.41, 5.74) is 2.35. The van der Waals surface area contributed by atoms with Crippen LogP contribution in [0.3, 0.4) is 0 Å². The Morgan fingerprint density at radius 1 is 0.972 bits per heavy atom. The largest absolute Gasteiger partial charge is 0.493 e. The first-order valence-electron chi connectivity index (χ1n) is 10.6. The molecule has 0 saturated carbocycles. The van der Waals surface area contributed by atoms with Crippen LogP contribution in [-0.4, -0.2) is 25.0 Å². The second kappa shape index (κ2) is 11.0. The smallest absolute Gasteiger partial charge is 0.335 e. The van der Waals surface area contributed by atoms with Crippen molar-refractivity contribution in [3.63, 3.8) is 0 Å². The number of hydrogen-bond acceptors (Lipinski definition) is 5. The molecule has 7 nitrogen and oxygen atoms in total. The number of carbonyl (C=O) groups excluding carboxylic acids is 3. The van der Waals surface area contributed by atoms with Crippen molar-refractivity contribution in [3.8, 4) is 11.5 Å². The van der Waals surface area contributed by atoms with Gasteiger partial charge in [-0.25, -0.2) is 9.69 Å². The number of hydrogen-bond donors (Lipinski definition) is 1. The number of halogens is 3. The van der Waals surface area contributed by atoms with Crippen molar-refractivity contribution < 1.29 is 23.9 Å². The van der Waals surface area contributed by atoms with Crippen molar-refractivity contribution in [2.75, 3.05) is 12.0 Å². The van der Waals surface area contributed by atoms with Crippen LogP contribution in [0.4, 0.5) is 10.5 Å². The van der Waals surface area contributed by atoms with Gasteiger partial charge in [0, 0.05) is 14.5 Å². The van der Waals surface area contributed by atoms with Gasteiger partial charge in [0.2, 0.25) is 0 Å². The van der Waals surface area contributed by atoms with E-state index in [4.69, 9.17) is 9.47 Å². The first kappa shape index (κ1) is 26.1. The summed E-state index contributed by atoms with van der Waals surface area (Å²) >= 11 is 10.4. The second-order valence-electron chi connectivity index (χ2n) is 7.80. The Labute approximate surface area is 232 Å². The van der Waals surface area contributed by atoms with E-state index in [1.165, 1.54) is 13.2 Å². The zero-order valence-electron chi connectivity index (χ0n) is 19.1. The zero-order chi connectivity index (χ0) is 26.0. The standard InChI is InChI=1S/C26H19Br3N2O5/c1-14-9-17(27)7-8-21(14)31-25(33)18(24(32)30-26(31)34)10-15-11-20(29)23(22(12-15)35-2)36-13-16-5-3-4-6-19(16)28/h3-12H,13H2,1-2H3,(H,30,32,34)/b18-10-. The van der Waals surface area contributed by atoms with E-state index >= 15 is 0 Å². The van der Waals surface area contributed by atoms with E-state index in [-0.39, 0.29) is 5.57 Å². The van der Waals surface area contributed by atoms with E-state index in [1.54, 1.807) is 37.3 Å². The van der Waals surface area contributed by atoms with E-state index < -0.39 is 17.8 Å². The van der Waals surface area contributed by atoms with Gasteiger partial charge in [-0.1, -0.05) is 50.1 Å². The van der Waals surface area contributed by atoms with Gasteiger partial charge in [-0.3, -0.25) is 14.9 Å². The number of aryl methyl sites for hydroxylation is 1. The molecule has 0 unspecified atom stereocenters. The number of ether oxygens (including phenoxy) is 2. The maximum Gasteiger partial charge on any atom is 0.335 e. The zero-order valence-corrected chi connectivity index (χ0v) is 23.9. The Hall–Kier alpha value is -2.95. The highest BCUT2D eigenvalue weighted by molar-refractivity contribution is 9.11. The molecule has 3 aromatic carbocycles. The first-order chi connectivity index (χ1) is 17.2. The number of nitrogens with zero attached hydrogens (tertiary/aromatic N) is 1. The molecule has 0 atom stereocenters. The van der Waals surface area contributed by atoms with Gasteiger partial charge in [0.25, 0.3) is 11.8 Å². The van der Waals surface area contributed by atoms with Gasteiger partial charge < -0.3 is 9.47 Å². The van der Waals surface area contributed by atoms with Crippen molar-refractivity contribution in [1.29, 1.82) is 0 Å². The third-order valence-corrected chi connectivity index (χ3v) is 7.25. The third kappa shape index (κ3) is 5.40. The van der Waals surface area contributed by atoms with Crippen LogP contribution in [0.5, 0.6) is 11.5 Å². The van der Waals surface area contributed by atoms with Crippen molar-refractivity contribution in [1.82, 2.24) is 5.32 Å². The normalized spacial score (nSPS) is 14.8. The summed E-state index contributed by atoms with van der Waals surface area (Å²) in [7, 11) is 1.50. The summed E-state index contributed by atoms with van der Waals surface area (Å²) in [6, 6.07) is 15.4. The SMILES string of the molecule is COc1cc(/C=C2/C(=O)NC(=O)N(c3ccc(Br)cc3C)C2=O)cc(Br)c1OCc1ccccc1Br. The number of rotatable bonds is 6. The third-order valence-electron chi connectivity index (χ3n) is 5.39. The van der Waals surface area contributed by atoms with Crippen LogP contribution < -0.4 is 19.7 Å². The van der Waals surface area contributed by atoms with Gasteiger partial charge >= 0.3 is 6.03 Å². The Kier molecular flexibility index (Phi) is 7.97. The van der Waals surface area contributed by atoms with Gasteiger partial charge in [0.15, 0.2) is 11.5 Å². The Balaban J connectivity index is 1.66. The van der Waals surface area contributed by atoms with Gasteiger partial charge in [-0.2, -0.15) is 0 Å². The van der Waals surface area contributed by atoms with Crippen LogP contribution >= 0.6 is 47.8 Å². The number of anilines is 1. The van der Waals surface area contributed by atoms with Gasteiger partial charge in [0.1, 0.15) is 12.2 Å². The number of imide groups is 2. The highest BCUT2D eigenvalue weighted by Gasteiger charge is 2.37. The molecule has 3 aromatic rings. The molecule has 0 bridgehead atoms. The molecule has 0 spiro atoms. The van der Waals surface area contributed by atoms with E-state index in [0.29, 0.717) is 39.4 Å². The molecule has 4 rings (SSSR count). The fourth-order valence-electron chi connectivity index (χ4n) is 3.64. The summed E-state index contributed by atoms with van der Waals surface area (Å²) in [6.07, 6.45) is 1.41. The molecular weight excluding hydrogens is 660 g/mol. The van der Waals surface area contributed by atoms with E-state index in [9.17, 15) is 14.4 Å². The fourth-order valence-corrected chi connectivity index (χ4v) is 5.09. The Bertz CT molecular complexity index is 1420. The molecule has 1 aliphatic rings. The van der Waals surface area contributed by atoms with Crippen molar-refractivity contribution in [2.45, 2.75) is 13.5 Å². The molecule has 184 valence electrons. The van der Waals surface area contributed by atoms with E-state index in [2.05, 4.69) is 53.1 Å². The van der Waals surface area contributed by atoms with E-state index in [0.717, 1.165) is 19.4 Å². The van der Waals surface area contributed by atoms with Crippen molar-refractivity contribution >= 4 is 77.4 Å². The molecule has 36 heavy (non-hydrogen) atoms. The number of amides is 4. The number of barbiturate groups is 1. The topological polar surface area (TPSA) is 84.9 Å². The molecule has 1 fully saturated rings.